The van der Waals surface area contributed by atoms with Crippen LogP contribution in [0.15, 0.2) is 52.3 Å². The summed E-state index contributed by atoms with van der Waals surface area (Å²) in [6.45, 7) is 6.59. The van der Waals surface area contributed by atoms with Gasteiger partial charge in [-0.3, -0.25) is 0 Å². The first-order valence-corrected chi connectivity index (χ1v) is 7.30. The van der Waals surface area contributed by atoms with E-state index in [1.807, 2.05) is 12.1 Å². The fourth-order valence-electron chi connectivity index (χ4n) is 1.90. The molecule has 0 aliphatic carbocycles. The van der Waals surface area contributed by atoms with E-state index in [0.29, 0.717) is 11.3 Å². The van der Waals surface area contributed by atoms with Gasteiger partial charge in [-0.15, -0.1) is 0 Å². The quantitative estimate of drug-likeness (QED) is 0.820. The molecule has 0 bridgehead atoms. The van der Waals surface area contributed by atoms with Crippen LogP contribution in [-0.4, -0.2) is 0 Å². The first-order chi connectivity index (χ1) is 9.41. The third kappa shape index (κ3) is 3.15. The number of hydrogen-bond acceptors (Lipinski definition) is 3. The summed E-state index contributed by atoms with van der Waals surface area (Å²) in [5.74, 6) is 0. The molecule has 0 aliphatic rings. The van der Waals surface area contributed by atoms with E-state index in [2.05, 4.69) is 51.1 Å². The lowest BCUT2D eigenvalue weighted by Gasteiger charge is -2.19. The third-order valence-electron chi connectivity index (χ3n) is 3.12. The normalized spacial score (nSPS) is 11.1. The third-order valence-corrected chi connectivity index (χ3v) is 4.19. The average Bonchev–Trinajstić information content (AvgIpc) is 2.38. The maximum Gasteiger partial charge on any atom is 0.102 e. The number of nitriles is 1. The highest BCUT2D eigenvalue weighted by atomic mass is 32.2. The second-order valence-corrected chi connectivity index (χ2v) is 6.82. The van der Waals surface area contributed by atoms with Crippen molar-refractivity contribution in [1.29, 1.82) is 5.26 Å². The van der Waals surface area contributed by atoms with E-state index in [1.165, 1.54) is 5.56 Å². The van der Waals surface area contributed by atoms with E-state index >= 15 is 0 Å². The van der Waals surface area contributed by atoms with Crippen LogP contribution in [0.5, 0.6) is 0 Å². The zero-order valence-corrected chi connectivity index (χ0v) is 12.8. The van der Waals surface area contributed by atoms with Crippen LogP contribution in [-0.2, 0) is 5.41 Å². The molecule has 2 nitrogen and oxygen atoms in total. The van der Waals surface area contributed by atoms with Crippen molar-refractivity contribution >= 4 is 17.4 Å². The monoisotopic (exact) mass is 282 g/mol. The molecule has 2 rings (SSSR count). The Morgan fingerprint density at radius 3 is 2.25 bits per heavy atom. The molecule has 102 valence electrons. The topological polar surface area (TPSA) is 49.8 Å². The fourth-order valence-corrected chi connectivity index (χ4v) is 2.84. The van der Waals surface area contributed by atoms with Crippen LogP contribution in [0.1, 0.15) is 31.9 Å². The highest BCUT2D eigenvalue weighted by Gasteiger charge is 2.13. The molecule has 2 aromatic rings. The molecule has 0 aliphatic heterocycles. The van der Waals surface area contributed by atoms with Gasteiger partial charge in [0.1, 0.15) is 6.07 Å². The van der Waals surface area contributed by atoms with E-state index in [1.54, 1.807) is 17.8 Å². The van der Waals surface area contributed by atoms with Crippen LogP contribution < -0.4 is 5.73 Å². The molecule has 0 fully saturated rings. The standard InChI is InChI=1S/C17H18N2S/c1-17(2,3)12-7-9-13(10-8-12)20-16-6-4-5-15(19)14(16)11-18/h4-10H,19H2,1-3H3. The van der Waals surface area contributed by atoms with E-state index < -0.39 is 0 Å². The molecule has 0 atom stereocenters. The minimum Gasteiger partial charge on any atom is -0.398 e. The largest absolute Gasteiger partial charge is 0.398 e. The van der Waals surface area contributed by atoms with Crippen LogP contribution in [0.3, 0.4) is 0 Å². The van der Waals surface area contributed by atoms with Crippen molar-refractivity contribution in [3.8, 4) is 6.07 Å². The Morgan fingerprint density at radius 1 is 1.05 bits per heavy atom. The predicted octanol–water partition coefficient (Wildman–Crippen LogP) is 4.59. The number of nitrogens with two attached hydrogens (primary N) is 1. The molecule has 0 saturated heterocycles. The molecule has 0 unspecified atom stereocenters. The molecule has 0 amide bonds. The van der Waals surface area contributed by atoms with Gasteiger partial charge in [0.25, 0.3) is 0 Å². The van der Waals surface area contributed by atoms with Gasteiger partial charge in [0.05, 0.1) is 11.3 Å². The van der Waals surface area contributed by atoms with Gasteiger partial charge >= 0.3 is 0 Å². The minimum absolute atomic E-state index is 0.151. The van der Waals surface area contributed by atoms with Crippen molar-refractivity contribution in [3.63, 3.8) is 0 Å². The molecule has 20 heavy (non-hydrogen) atoms. The number of nitrogens with zero attached hydrogens (tertiary/aromatic N) is 1. The van der Waals surface area contributed by atoms with Gasteiger partial charge in [-0.1, -0.05) is 50.7 Å². The number of anilines is 1. The number of rotatable bonds is 2. The second-order valence-electron chi connectivity index (χ2n) is 5.71. The molecule has 0 radical (unpaired) electrons. The Balaban J connectivity index is 2.28. The Labute approximate surface area is 124 Å². The van der Waals surface area contributed by atoms with Crippen molar-refractivity contribution in [1.82, 2.24) is 0 Å². The zero-order chi connectivity index (χ0) is 14.8. The molecular weight excluding hydrogens is 264 g/mol. The average molecular weight is 282 g/mol. The van der Waals surface area contributed by atoms with Crippen molar-refractivity contribution < 1.29 is 0 Å². The van der Waals surface area contributed by atoms with Gasteiger partial charge in [-0.05, 0) is 35.2 Å². The maximum absolute atomic E-state index is 9.18. The molecule has 2 aromatic carbocycles. The number of nitrogen functional groups attached to an aromatic ring is 1. The first-order valence-electron chi connectivity index (χ1n) is 6.49. The van der Waals surface area contributed by atoms with E-state index in [4.69, 9.17) is 5.73 Å². The SMILES string of the molecule is CC(C)(C)c1ccc(Sc2cccc(N)c2C#N)cc1. The summed E-state index contributed by atoms with van der Waals surface area (Å²) in [6.07, 6.45) is 0. The Hall–Kier alpha value is -1.92. The lowest BCUT2D eigenvalue weighted by atomic mass is 9.87. The molecule has 2 N–H and O–H groups in total. The van der Waals surface area contributed by atoms with Crippen molar-refractivity contribution in [2.45, 2.75) is 36.0 Å². The predicted molar refractivity (Wildman–Crippen MR) is 84.8 cm³/mol. The van der Waals surface area contributed by atoms with Crippen LogP contribution in [0.4, 0.5) is 5.69 Å². The number of benzene rings is 2. The zero-order valence-electron chi connectivity index (χ0n) is 12.0. The summed E-state index contributed by atoms with van der Waals surface area (Å²) >= 11 is 1.57. The lowest BCUT2D eigenvalue weighted by molar-refractivity contribution is 0.590. The van der Waals surface area contributed by atoms with Gasteiger partial charge in [0.15, 0.2) is 0 Å². The van der Waals surface area contributed by atoms with Gasteiger partial charge in [0.2, 0.25) is 0 Å². The maximum atomic E-state index is 9.18. The van der Waals surface area contributed by atoms with Gasteiger partial charge in [-0.25, -0.2) is 0 Å². The molecule has 0 saturated carbocycles. The van der Waals surface area contributed by atoms with Crippen LogP contribution in [0, 0.1) is 11.3 Å². The second kappa shape index (κ2) is 5.60. The molecule has 0 heterocycles. The van der Waals surface area contributed by atoms with Crippen molar-refractivity contribution in [2.75, 3.05) is 5.73 Å². The van der Waals surface area contributed by atoms with Gasteiger partial charge in [-0.2, -0.15) is 5.26 Å². The lowest BCUT2D eigenvalue weighted by Crippen LogP contribution is -2.10. The van der Waals surface area contributed by atoms with Crippen molar-refractivity contribution in [2.24, 2.45) is 0 Å². The minimum atomic E-state index is 0.151. The van der Waals surface area contributed by atoms with Crippen LogP contribution in [0.25, 0.3) is 0 Å². The Bertz CT molecular complexity index is 646. The smallest absolute Gasteiger partial charge is 0.102 e. The van der Waals surface area contributed by atoms with E-state index in [0.717, 1.165) is 9.79 Å². The summed E-state index contributed by atoms with van der Waals surface area (Å²) in [4.78, 5) is 2.01. The summed E-state index contributed by atoms with van der Waals surface area (Å²) < 4.78 is 0. The molecular formula is C17H18N2S. The number of hydrogen-bond donors (Lipinski definition) is 1. The Morgan fingerprint density at radius 2 is 1.70 bits per heavy atom. The Kier molecular flexibility index (Phi) is 4.06. The summed E-state index contributed by atoms with van der Waals surface area (Å²) in [5.41, 5.74) is 8.37. The van der Waals surface area contributed by atoms with E-state index in [9.17, 15) is 5.26 Å². The summed E-state index contributed by atoms with van der Waals surface area (Å²) in [6, 6.07) is 16.2. The summed E-state index contributed by atoms with van der Waals surface area (Å²) in [7, 11) is 0. The van der Waals surface area contributed by atoms with Crippen molar-refractivity contribution in [3.05, 3.63) is 53.6 Å². The highest BCUT2D eigenvalue weighted by Crippen LogP contribution is 2.33. The van der Waals surface area contributed by atoms with E-state index in [-0.39, 0.29) is 5.41 Å². The van der Waals surface area contributed by atoms with Crippen LogP contribution >= 0.6 is 11.8 Å². The van der Waals surface area contributed by atoms with Gasteiger partial charge in [0, 0.05) is 9.79 Å². The fraction of sp³-hybridized carbons (Fsp3) is 0.235. The van der Waals surface area contributed by atoms with Crippen LogP contribution in [0.2, 0.25) is 0 Å². The molecule has 3 heteroatoms. The summed E-state index contributed by atoms with van der Waals surface area (Å²) in [5, 5.41) is 9.18. The first kappa shape index (κ1) is 14.5. The van der Waals surface area contributed by atoms with Gasteiger partial charge < -0.3 is 5.73 Å². The highest BCUT2D eigenvalue weighted by molar-refractivity contribution is 7.99. The molecule has 0 spiro atoms. The molecule has 0 aromatic heterocycles.